The van der Waals surface area contributed by atoms with Crippen LogP contribution in [0.25, 0.3) is 0 Å². The largest absolute Gasteiger partial charge is 0.352 e. The van der Waals surface area contributed by atoms with Crippen molar-refractivity contribution in [1.82, 2.24) is 10.2 Å². The molecule has 7 nitrogen and oxygen atoms in total. The fourth-order valence-corrected chi connectivity index (χ4v) is 4.57. The monoisotopic (exact) mass is 527 g/mol. The molecule has 0 unspecified atom stereocenters. The standard InChI is InChI=1S/C24H31Cl2N3O4S/c1-5-17(3)27-24(31)22(6-2)28(15-18-12-13-20(25)21(26)14-18)23(30)16-29(34(4,32)33)19-10-8-7-9-11-19/h7-14,17,22H,5-6,15-16H2,1-4H3,(H,27,31)/t17-,22-/m0/s1. The van der Waals surface area contributed by atoms with Crippen molar-refractivity contribution in [3.05, 3.63) is 64.1 Å². The van der Waals surface area contributed by atoms with Crippen LogP contribution in [0, 0.1) is 0 Å². The van der Waals surface area contributed by atoms with Gasteiger partial charge in [0.15, 0.2) is 0 Å². The van der Waals surface area contributed by atoms with Gasteiger partial charge < -0.3 is 10.2 Å². The molecule has 34 heavy (non-hydrogen) atoms. The third-order valence-electron chi connectivity index (χ3n) is 5.45. The van der Waals surface area contributed by atoms with E-state index < -0.39 is 28.5 Å². The number of amides is 2. The molecule has 2 aromatic carbocycles. The highest BCUT2D eigenvalue weighted by Crippen LogP contribution is 2.25. The summed E-state index contributed by atoms with van der Waals surface area (Å²) in [6.45, 7) is 5.26. The van der Waals surface area contributed by atoms with Gasteiger partial charge in [-0.05, 0) is 49.6 Å². The van der Waals surface area contributed by atoms with E-state index >= 15 is 0 Å². The van der Waals surface area contributed by atoms with E-state index in [0.29, 0.717) is 27.7 Å². The van der Waals surface area contributed by atoms with Crippen molar-refractivity contribution in [2.45, 2.75) is 52.2 Å². The first-order chi connectivity index (χ1) is 16.0. The van der Waals surface area contributed by atoms with E-state index in [1.54, 1.807) is 48.5 Å². The Morgan fingerprint density at radius 2 is 1.65 bits per heavy atom. The smallest absolute Gasteiger partial charge is 0.244 e. The highest BCUT2D eigenvalue weighted by Gasteiger charge is 2.32. The molecule has 0 heterocycles. The number of hydrogen-bond donors (Lipinski definition) is 1. The first-order valence-electron chi connectivity index (χ1n) is 11.0. The molecule has 0 bridgehead atoms. The first kappa shape index (κ1) is 28.0. The normalized spacial score (nSPS) is 13.1. The lowest BCUT2D eigenvalue weighted by atomic mass is 10.1. The zero-order valence-corrected chi connectivity index (χ0v) is 22.1. The van der Waals surface area contributed by atoms with Crippen molar-refractivity contribution in [1.29, 1.82) is 0 Å². The molecule has 10 heteroatoms. The number of nitrogens with zero attached hydrogens (tertiary/aromatic N) is 2. The lowest BCUT2D eigenvalue weighted by molar-refractivity contribution is -0.140. The second-order valence-corrected chi connectivity index (χ2v) is 10.8. The van der Waals surface area contributed by atoms with Crippen LogP contribution in [-0.2, 0) is 26.2 Å². The van der Waals surface area contributed by atoms with Crippen LogP contribution in [0.4, 0.5) is 5.69 Å². The zero-order valence-electron chi connectivity index (χ0n) is 19.8. The topological polar surface area (TPSA) is 86.8 Å². The maximum absolute atomic E-state index is 13.6. The molecule has 1 N–H and O–H groups in total. The number of sulfonamides is 1. The van der Waals surface area contributed by atoms with Crippen LogP contribution in [0.2, 0.25) is 10.0 Å². The van der Waals surface area contributed by atoms with Crippen LogP contribution >= 0.6 is 23.2 Å². The fourth-order valence-electron chi connectivity index (χ4n) is 3.40. The highest BCUT2D eigenvalue weighted by atomic mass is 35.5. The van der Waals surface area contributed by atoms with E-state index in [1.165, 1.54) is 4.90 Å². The van der Waals surface area contributed by atoms with Gasteiger partial charge in [0.05, 0.1) is 22.0 Å². The number of carbonyl (C=O) groups excluding carboxylic acids is 2. The molecular formula is C24H31Cl2N3O4S. The van der Waals surface area contributed by atoms with Crippen LogP contribution in [-0.4, -0.2) is 50.0 Å². The van der Waals surface area contributed by atoms with Gasteiger partial charge in [0.1, 0.15) is 12.6 Å². The Morgan fingerprint density at radius 3 is 2.18 bits per heavy atom. The van der Waals surface area contributed by atoms with Crippen LogP contribution in [0.15, 0.2) is 48.5 Å². The van der Waals surface area contributed by atoms with Crippen molar-refractivity contribution in [2.24, 2.45) is 0 Å². The molecule has 2 aromatic rings. The number of carbonyl (C=O) groups is 2. The van der Waals surface area contributed by atoms with Crippen molar-refractivity contribution >= 4 is 50.7 Å². The zero-order chi connectivity index (χ0) is 25.5. The summed E-state index contributed by atoms with van der Waals surface area (Å²) in [6, 6.07) is 12.5. The minimum absolute atomic E-state index is 0.0640. The van der Waals surface area contributed by atoms with Gasteiger partial charge >= 0.3 is 0 Å². The molecule has 0 saturated heterocycles. The molecule has 2 atom stereocenters. The maximum atomic E-state index is 13.6. The predicted molar refractivity (Wildman–Crippen MR) is 138 cm³/mol. The van der Waals surface area contributed by atoms with Gasteiger partial charge in [-0.1, -0.05) is 61.3 Å². The summed E-state index contributed by atoms with van der Waals surface area (Å²) >= 11 is 12.2. The van der Waals surface area contributed by atoms with Gasteiger partial charge in [-0.25, -0.2) is 8.42 Å². The van der Waals surface area contributed by atoms with Gasteiger partial charge in [0, 0.05) is 12.6 Å². The molecule has 0 spiro atoms. The van der Waals surface area contributed by atoms with Gasteiger partial charge in [0.25, 0.3) is 0 Å². The minimum Gasteiger partial charge on any atom is -0.352 e. The van der Waals surface area contributed by atoms with Crippen LogP contribution in [0.5, 0.6) is 0 Å². The highest BCUT2D eigenvalue weighted by molar-refractivity contribution is 7.92. The molecule has 186 valence electrons. The van der Waals surface area contributed by atoms with E-state index in [-0.39, 0.29) is 18.5 Å². The van der Waals surface area contributed by atoms with E-state index in [1.807, 2.05) is 20.8 Å². The van der Waals surface area contributed by atoms with Crippen molar-refractivity contribution in [2.75, 3.05) is 17.1 Å². The third-order valence-corrected chi connectivity index (χ3v) is 7.33. The van der Waals surface area contributed by atoms with E-state index in [0.717, 1.165) is 17.0 Å². The Bertz CT molecular complexity index is 1100. The number of anilines is 1. The molecule has 0 aliphatic carbocycles. The molecular weight excluding hydrogens is 497 g/mol. The number of halogens is 2. The van der Waals surface area contributed by atoms with Gasteiger partial charge in [-0.3, -0.25) is 13.9 Å². The molecule has 0 radical (unpaired) electrons. The van der Waals surface area contributed by atoms with Crippen LogP contribution in [0.1, 0.15) is 39.2 Å². The summed E-state index contributed by atoms with van der Waals surface area (Å²) in [5.74, 6) is -0.803. The molecule has 2 amide bonds. The summed E-state index contributed by atoms with van der Waals surface area (Å²) in [7, 11) is -3.76. The van der Waals surface area contributed by atoms with Crippen molar-refractivity contribution in [3.8, 4) is 0 Å². The quantitative estimate of drug-likeness (QED) is 0.466. The fraction of sp³-hybridized carbons (Fsp3) is 0.417. The second-order valence-electron chi connectivity index (χ2n) is 8.12. The maximum Gasteiger partial charge on any atom is 0.244 e. The Balaban J connectivity index is 2.44. The molecule has 0 saturated carbocycles. The Labute approximate surface area is 212 Å². The number of benzene rings is 2. The lowest BCUT2D eigenvalue weighted by Crippen LogP contribution is -2.53. The van der Waals surface area contributed by atoms with E-state index in [9.17, 15) is 18.0 Å². The lowest BCUT2D eigenvalue weighted by Gasteiger charge is -2.33. The molecule has 0 aromatic heterocycles. The third kappa shape index (κ3) is 7.61. The second kappa shape index (κ2) is 12.4. The summed E-state index contributed by atoms with van der Waals surface area (Å²) in [4.78, 5) is 28.0. The summed E-state index contributed by atoms with van der Waals surface area (Å²) < 4.78 is 26.1. The Morgan fingerprint density at radius 1 is 1.00 bits per heavy atom. The average Bonchev–Trinajstić information content (AvgIpc) is 2.79. The van der Waals surface area contributed by atoms with Crippen LogP contribution in [0.3, 0.4) is 0 Å². The number of nitrogens with one attached hydrogen (secondary N) is 1. The molecule has 0 fully saturated rings. The van der Waals surface area contributed by atoms with Gasteiger partial charge in [-0.2, -0.15) is 0 Å². The van der Waals surface area contributed by atoms with Crippen LogP contribution < -0.4 is 9.62 Å². The summed E-state index contributed by atoms with van der Waals surface area (Å²) in [6.07, 6.45) is 2.13. The van der Waals surface area contributed by atoms with Gasteiger partial charge in [0.2, 0.25) is 21.8 Å². The first-order valence-corrected chi connectivity index (χ1v) is 13.6. The van der Waals surface area contributed by atoms with Gasteiger partial charge in [-0.15, -0.1) is 0 Å². The average molecular weight is 529 g/mol. The molecule has 2 rings (SSSR count). The number of hydrogen-bond acceptors (Lipinski definition) is 4. The number of para-hydroxylation sites is 1. The molecule has 0 aliphatic heterocycles. The number of rotatable bonds is 11. The van der Waals surface area contributed by atoms with E-state index in [2.05, 4.69) is 5.32 Å². The minimum atomic E-state index is -3.76. The Hall–Kier alpha value is -2.29. The summed E-state index contributed by atoms with van der Waals surface area (Å²) in [5.41, 5.74) is 1.04. The van der Waals surface area contributed by atoms with Crippen molar-refractivity contribution in [3.63, 3.8) is 0 Å². The predicted octanol–water partition coefficient (Wildman–Crippen LogP) is 4.48. The van der Waals surface area contributed by atoms with E-state index in [4.69, 9.17) is 23.2 Å². The SMILES string of the molecule is CC[C@H](C)NC(=O)[C@H](CC)N(Cc1ccc(Cl)c(Cl)c1)C(=O)CN(c1ccccc1)S(C)(=O)=O. The van der Waals surface area contributed by atoms with Crippen molar-refractivity contribution < 1.29 is 18.0 Å². The summed E-state index contributed by atoms with van der Waals surface area (Å²) in [5, 5.41) is 3.62. The molecule has 0 aliphatic rings. The Kier molecular flexibility index (Phi) is 10.2.